The van der Waals surface area contributed by atoms with Crippen LogP contribution in [0.5, 0.6) is 0 Å². The summed E-state index contributed by atoms with van der Waals surface area (Å²) in [5.41, 5.74) is 2.63. The van der Waals surface area contributed by atoms with Gasteiger partial charge in [0, 0.05) is 24.3 Å². The first-order chi connectivity index (χ1) is 14.6. The first kappa shape index (κ1) is 19.8. The summed E-state index contributed by atoms with van der Waals surface area (Å²) in [7, 11) is 0. The van der Waals surface area contributed by atoms with Crippen LogP contribution in [0.2, 0.25) is 0 Å². The summed E-state index contributed by atoms with van der Waals surface area (Å²) in [5, 5.41) is 19.1. The van der Waals surface area contributed by atoms with Gasteiger partial charge in [-0.05, 0) is 43.7 Å². The minimum absolute atomic E-state index is 0.0404. The number of amides is 1. The highest BCUT2D eigenvalue weighted by Gasteiger charge is 2.22. The highest BCUT2D eigenvalue weighted by molar-refractivity contribution is 5.72. The number of rotatable bonds is 6. The maximum absolute atomic E-state index is 14.1. The van der Waals surface area contributed by atoms with Crippen molar-refractivity contribution in [2.24, 2.45) is 5.92 Å². The monoisotopic (exact) mass is 410 g/mol. The molecule has 30 heavy (non-hydrogen) atoms. The van der Waals surface area contributed by atoms with E-state index < -0.39 is 6.09 Å². The largest absolute Gasteiger partial charge is 0.465 e. The first-order valence-electron chi connectivity index (χ1n) is 9.93. The summed E-state index contributed by atoms with van der Waals surface area (Å²) in [4.78, 5) is 19.3. The number of carboxylic acid groups (broad SMARTS) is 1. The van der Waals surface area contributed by atoms with Crippen molar-refractivity contribution in [1.82, 2.24) is 25.1 Å². The van der Waals surface area contributed by atoms with E-state index in [0.29, 0.717) is 17.3 Å². The van der Waals surface area contributed by atoms with Crippen molar-refractivity contribution in [3.8, 4) is 16.9 Å². The topological polar surface area (TPSA) is 105 Å². The zero-order valence-corrected chi connectivity index (χ0v) is 16.3. The van der Waals surface area contributed by atoms with E-state index in [4.69, 9.17) is 5.11 Å². The van der Waals surface area contributed by atoms with Crippen LogP contribution >= 0.6 is 0 Å². The third-order valence-electron chi connectivity index (χ3n) is 5.42. The minimum Gasteiger partial charge on any atom is -0.465 e. The van der Waals surface area contributed by atoms with Gasteiger partial charge >= 0.3 is 6.09 Å². The van der Waals surface area contributed by atoms with E-state index in [1.165, 1.54) is 17.1 Å². The average Bonchev–Trinajstić information content (AvgIpc) is 3.23. The van der Waals surface area contributed by atoms with Gasteiger partial charge in [-0.15, -0.1) is 0 Å². The molecule has 1 amide bonds. The van der Waals surface area contributed by atoms with Gasteiger partial charge in [0.2, 0.25) is 0 Å². The van der Waals surface area contributed by atoms with Gasteiger partial charge in [0.25, 0.3) is 0 Å². The van der Waals surface area contributed by atoms with Crippen molar-refractivity contribution in [1.29, 1.82) is 0 Å². The molecule has 0 aliphatic heterocycles. The Kier molecular flexibility index (Phi) is 5.87. The Hall–Kier alpha value is -3.49. The number of nitrogens with zero attached hydrogens (tertiary/aromatic N) is 4. The molecule has 1 aliphatic rings. The second-order valence-electron chi connectivity index (χ2n) is 7.46. The van der Waals surface area contributed by atoms with Gasteiger partial charge in [-0.2, -0.15) is 5.10 Å². The quantitative estimate of drug-likeness (QED) is 0.572. The fourth-order valence-corrected chi connectivity index (χ4v) is 3.84. The number of carbonyl (C=O) groups is 1. The average molecular weight is 410 g/mol. The van der Waals surface area contributed by atoms with Crippen molar-refractivity contribution in [2.75, 3.05) is 11.9 Å². The van der Waals surface area contributed by atoms with E-state index in [9.17, 15) is 9.18 Å². The molecule has 2 aromatic heterocycles. The lowest BCUT2D eigenvalue weighted by atomic mass is 9.86. The Balaban J connectivity index is 1.43. The van der Waals surface area contributed by atoms with Crippen LogP contribution < -0.4 is 10.6 Å². The third-order valence-corrected chi connectivity index (χ3v) is 5.42. The summed E-state index contributed by atoms with van der Waals surface area (Å²) < 4.78 is 15.5. The van der Waals surface area contributed by atoms with E-state index in [2.05, 4.69) is 25.7 Å². The molecule has 8 nitrogen and oxygen atoms in total. The van der Waals surface area contributed by atoms with E-state index >= 15 is 0 Å². The molecule has 156 valence electrons. The molecular weight excluding hydrogens is 387 g/mol. The third kappa shape index (κ3) is 4.56. The van der Waals surface area contributed by atoms with Crippen LogP contribution in [0.25, 0.3) is 16.9 Å². The lowest BCUT2D eigenvalue weighted by Gasteiger charge is -2.28. The molecule has 0 unspecified atom stereocenters. The molecule has 4 rings (SSSR count). The maximum Gasteiger partial charge on any atom is 0.404 e. The van der Waals surface area contributed by atoms with Gasteiger partial charge in [0.05, 0.1) is 23.8 Å². The number of para-hydroxylation sites is 1. The number of hydrogen-bond donors (Lipinski definition) is 3. The Labute approximate surface area is 173 Å². The molecule has 1 aliphatic carbocycles. The molecule has 3 aromatic rings. The molecular formula is C21H23FN6O2. The molecule has 1 saturated carbocycles. The number of nitrogens with one attached hydrogen (secondary N) is 2. The van der Waals surface area contributed by atoms with Crippen molar-refractivity contribution >= 4 is 11.8 Å². The predicted molar refractivity (Wildman–Crippen MR) is 110 cm³/mol. The van der Waals surface area contributed by atoms with Crippen LogP contribution in [0.1, 0.15) is 25.7 Å². The Bertz CT molecular complexity index is 1020. The fraction of sp³-hybridized carbons (Fsp3) is 0.333. The van der Waals surface area contributed by atoms with E-state index in [1.807, 2.05) is 0 Å². The number of hydrogen-bond acceptors (Lipinski definition) is 5. The molecule has 0 saturated heterocycles. The number of anilines is 1. The van der Waals surface area contributed by atoms with Crippen LogP contribution in [-0.4, -0.2) is 43.5 Å². The van der Waals surface area contributed by atoms with Crippen LogP contribution in [0.4, 0.5) is 14.9 Å². The SMILES string of the molecule is O=C(O)NC1CCC(CNc2cncnc2-c2cnn(-c3ccccc3F)c2)CC1. The van der Waals surface area contributed by atoms with Gasteiger partial charge in [-0.1, -0.05) is 12.1 Å². The van der Waals surface area contributed by atoms with Crippen LogP contribution in [0, 0.1) is 11.7 Å². The van der Waals surface area contributed by atoms with Crippen LogP contribution in [0.3, 0.4) is 0 Å². The second kappa shape index (κ2) is 8.89. The van der Waals surface area contributed by atoms with Crippen molar-refractivity contribution in [2.45, 2.75) is 31.7 Å². The summed E-state index contributed by atoms with van der Waals surface area (Å²) >= 11 is 0. The van der Waals surface area contributed by atoms with E-state index in [1.54, 1.807) is 36.8 Å². The lowest BCUT2D eigenvalue weighted by molar-refractivity contribution is 0.183. The van der Waals surface area contributed by atoms with Gasteiger partial charge in [-0.3, -0.25) is 0 Å². The fourth-order valence-electron chi connectivity index (χ4n) is 3.84. The molecule has 0 atom stereocenters. The van der Waals surface area contributed by atoms with Crippen molar-refractivity contribution < 1.29 is 14.3 Å². The zero-order chi connectivity index (χ0) is 20.9. The summed E-state index contributed by atoms with van der Waals surface area (Å²) in [6.45, 7) is 0.752. The number of benzene rings is 1. The van der Waals surface area contributed by atoms with Gasteiger partial charge in [-0.25, -0.2) is 23.8 Å². The molecule has 3 N–H and O–H groups in total. The number of halogens is 1. The van der Waals surface area contributed by atoms with Crippen molar-refractivity contribution in [3.63, 3.8) is 0 Å². The van der Waals surface area contributed by atoms with Gasteiger partial charge in [0.15, 0.2) is 0 Å². The predicted octanol–water partition coefficient (Wildman–Crippen LogP) is 3.71. The molecule has 0 bridgehead atoms. The standard InChI is InChI=1S/C21H23FN6O2/c22-17-3-1-2-4-19(17)28-12-15(10-26-28)20-18(11-23-13-25-20)24-9-14-5-7-16(8-6-14)27-21(29)30/h1-4,10-14,16,24,27H,5-9H2,(H,29,30). The van der Waals surface area contributed by atoms with Crippen molar-refractivity contribution in [3.05, 3.63) is 55.0 Å². The number of aromatic nitrogens is 4. The summed E-state index contributed by atoms with van der Waals surface area (Å²) in [5.74, 6) is 0.104. The Morgan fingerprint density at radius 3 is 2.77 bits per heavy atom. The van der Waals surface area contributed by atoms with Crippen LogP contribution in [0.15, 0.2) is 49.2 Å². The Morgan fingerprint density at radius 2 is 2.00 bits per heavy atom. The zero-order valence-electron chi connectivity index (χ0n) is 16.3. The highest BCUT2D eigenvalue weighted by atomic mass is 19.1. The molecule has 9 heteroatoms. The molecule has 2 heterocycles. The highest BCUT2D eigenvalue weighted by Crippen LogP contribution is 2.28. The molecule has 0 radical (unpaired) electrons. The Morgan fingerprint density at radius 1 is 1.20 bits per heavy atom. The smallest absolute Gasteiger partial charge is 0.404 e. The normalized spacial score (nSPS) is 18.7. The molecule has 1 aromatic carbocycles. The molecule has 1 fully saturated rings. The van der Waals surface area contributed by atoms with Gasteiger partial charge < -0.3 is 15.7 Å². The minimum atomic E-state index is -0.960. The first-order valence-corrected chi connectivity index (χ1v) is 9.93. The van der Waals surface area contributed by atoms with E-state index in [-0.39, 0.29) is 11.9 Å². The summed E-state index contributed by atoms with van der Waals surface area (Å²) in [6, 6.07) is 6.51. The van der Waals surface area contributed by atoms with Gasteiger partial charge in [0.1, 0.15) is 17.8 Å². The maximum atomic E-state index is 14.1. The molecule has 0 spiro atoms. The summed E-state index contributed by atoms with van der Waals surface area (Å²) in [6.07, 6.45) is 9.22. The van der Waals surface area contributed by atoms with E-state index in [0.717, 1.165) is 43.5 Å². The second-order valence-corrected chi connectivity index (χ2v) is 7.46. The lowest BCUT2D eigenvalue weighted by Crippen LogP contribution is -2.37. The van der Waals surface area contributed by atoms with Crippen LogP contribution in [-0.2, 0) is 0 Å².